The smallest absolute Gasteiger partial charge is 0.410 e. The van der Waals surface area contributed by atoms with Crippen LogP contribution in [0.2, 0.25) is 0 Å². The maximum atomic E-state index is 12.2. The zero-order valence-corrected chi connectivity index (χ0v) is 17.4. The van der Waals surface area contributed by atoms with Gasteiger partial charge in [0.2, 0.25) is 5.79 Å². The first-order chi connectivity index (χ1) is 14.0. The number of fused-ring (bicyclic) bond motifs is 1. The van der Waals surface area contributed by atoms with Gasteiger partial charge in [-0.15, -0.1) is 6.42 Å². The highest BCUT2D eigenvalue weighted by molar-refractivity contribution is 5.70. The number of amides is 1. The molecule has 0 bridgehead atoms. The number of nitrogens with zero attached hydrogens (tertiary/aromatic N) is 1. The number of carbonyl (C=O) groups excluding carboxylic acids is 1. The van der Waals surface area contributed by atoms with Crippen molar-refractivity contribution in [3.63, 3.8) is 0 Å². The Morgan fingerprint density at radius 1 is 1.24 bits per heavy atom. The molecule has 6 nitrogen and oxygen atoms in total. The molecule has 2 aliphatic heterocycles. The van der Waals surface area contributed by atoms with Crippen LogP contribution in [0.15, 0.2) is 18.2 Å². The van der Waals surface area contributed by atoms with Gasteiger partial charge in [-0.2, -0.15) is 0 Å². The Morgan fingerprint density at radius 2 is 2.03 bits per heavy atom. The fraction of sp³-hybridized carbons (Fsp3) is 0.609. The standard InChI is InChI=1S/C23H31NO5/c1-4-13-26-14-9-7-5-6-8-12-24-16-21(28-22(24)25)18-10-11-20-19(15-18)17-27-23(2,3)29-20/h1,10-11,15,21H,5-9,12-14,16-17H2,2-3H3. The van der Waals surface area contributed by atoms with Crippen molar-refractivity contribution >= 4 is 6.09 Å². The number of terminal acetylenes is 1. The van der Waals surface area contributed by atoms with Crippen LogP contribution >= 0.6 is 0 Å². The van der Waals surface area contributed by atoms with Gasteiger partial charge in [0, 0.05) is 32.6 Å². The summed E-state index contributed by atoms with van der Waals surface area (Å²) in [5.74, 6) is 2.68. The minimum absolute atomic E-state index is 0.232. The molecular formula is C23H31NO5. The van der Waals surface area contributed by atoms with Crippen molar-refractivity contribution < 1.29 is 23.7 Å². The van der Waals surface area contributed by atoms with Crippen LogP contribution in [0.1, 0.15) is 63.2 Å². The average molecular weight is 402 g/mol. The molecule has 1 saturated heterocycles. The van der Waals surface area contributed by atoms with Crippen molar-refractivity contribution in [1.82, 2.24) is 4.90 Å². The largest absolute Gasteiger partial charge is 0.463 e. The van der Waals surface area contributed by atoms with Gasteiger partial charge >= 0.3 is 6.09 Å². The van der Waals surface area contributed by atoms with E-state index in [1.807, 2.05) is 32.0 Å². The predicted octanol–water partition coefficient (Wildman–Crippen LogP) is 4.43. The molecule has 0 N–H and O–H groups in total. The molecule has 2 heterocycles. The van der Waals surface area contributed by atoms with Gasteiger partial charge in [-0.1, -0.05) is 31.2 Å². The first-order valence-electron chi connectivity index (χ1n) is 10.4. The van der Waals surface area contributed by atoms with Crippen LogP contribution in [-0.2, 0) is 20.8 Å². The summed E-state index contributed by atoms with van der Waals surface area (Å²) in [5, 5.41) is 0. The Morgan fingerprint density at radius 3 is 2.86 bits per heavy atom. The second kappa shape index (κ2) is 10.00. The Bertz CT molecular complexity index is 739. The molecule has 2 aliphatic rings. The number of rotatable bonds is 10. The lowest BCUT2D eigenvalue weighted by molar-refractivity contribution is -0.180. The molecular weight excluding hydrogens is 370 g/mol. The number of unbranched alkanes of at least 4 members (excludes halogenated alkanes) is 4. The van der Waals surface area contributed by atoms with Crippen LogP contribution in [0, 0.1) is 12.3 Å². The van der Waals surface area contributed by atoms with Gasteiger partial charge in [-0.25, -0.2) is 4.79 Å². The van der Waals surface area contributed by atoms with E-state index in [1.54, 1.807) is 4.90 Å². The summed E-state index contributed by atoms with van der Waals surface area (Å²) in [6.45, 7) is 6.72. The Hall–Kier alpha value is -2.23. The van der Waals surface area contributed by atoms with Gasteiger partial charge in [-0.3, -0.25) is 0 Å². The predicted molar refractivity (Wildman–Crippen MR) is 109 cm³/mol. The van der Waals surface area contributed by atoms with E-state index >= 15 is 0 Å². The molecule has 0 saturated carbocycles. The zero-order chi connectivity index (χ0) is 20.7. The summed E-state index contributed by atoms with van der Waals surface area (Å²) in [4.78, 5) is 14.0. The highest BCUT2D eigenvalue weighted by Crippen LogP contribution is 2.35. The Kier molecular flexibility index (Phi) is 7.40. The quantitative estimate of drug-likeness (QED) is 0.429. The molecule has 0 aliphatic carbocycles. The van der Waals surface area contributed by atoms with Crippen LogP contribution in [0.25, 0.3) is 0 Å². The number of hydrogen-bond acceptors (Lipinski definition) is 5. The average Bonchev–Trinajstić information content (AvgIpc) is 3.06. The van der Waals surface area contributed by atoms with Gasteiger partial charge in [0.25, 0.3) is 0 Å². The summed E-state index contributed by atoms with van der Waals surface area (Å²) in [6, 6.07) is 5.94. The molecule has 1 unspecified atom stereocenters. The highest BCUT2D eigenvalue weighted by atomic mass is 16.7. The minimum atomic E-state index is -0.611. The van der Waals surface area contributed by atoms with E-state index in [-0.39, 0.29) is 12.2 Å². The molecule has 1 aromatic carbocycles. The van der Waals surface area contributed by atoms with E-state index in [2.05, 4.69) is 5.92 Å². The summed E-state index contributed by atoms with van der Waals surface area (Å²) >= 11 is 0. The molecule has 0 aromatic heterocycles. The first-order valence-corrected chi connectivity index (χ1v) is 10.4. The van der Waals surface area contributed by atoms with Crippen molar-refractivity contribution in [1.29, 1.82) is 0 Å². The van der Waals surface area contributed by atoms with Gasteiger partial charge in [-0.05, 0) is 30.5 Å². The number of benzene rings is 1. The third-order valence-corrected chi connectivity index (χ3v) is 5.18. The summed E-state index contributed by atoms with van der Waals surface area (Å²) in [6.07, 6.45) is 10.0. The molecule has 1 atom stereocenters. The van der Waals surface area contributed by atoms with Crippen molar-refractivity contribution in [3.8, 4) is 18.1 Å². The zero-order valence-electron chi connectivity index (χ0n) is 17.4. The van der Waals surface area contributed by atoms with Crippen LogP contribution in [0.5, 0.6) is 5.75 Å². The van der Waals surface area contributed by atoms with Crippen molar-refractivity contribution in [2.45, 2.75) is 64.4 Å². The second-order valence-electron chi connectivity index (χ2n) is 8.00. The van der Waals surface area contributed by atoms with Crippen molar-refractivity contribution in [2.75, 3.05) is 26.3 Å². The maximum absolute atomic E-state index is 12.2. The number of cyclic esters (lactones) is 1. The molecule has 158 valence electrons. The van der Waals surface area contributed by atoms with Crippen molar-refractivity contribution in [2.24, 2.45) is 0 Å². The van der Waals surface area contributed by atoms with E-state index < -0.39 is 5.79 Å². The van der Waals surface area contributed by atoms with Crippen molar-refractivity contribution in [3.05, 3.63) is 29.3 Å². The van der Waals surface area contributed by atoms with Gasteiger partial charge < -0.3 is 23.8 Å². The second-order valence-corrected chi connectivity index (χ2v) is 8.00. The van der Waals surface area contributed by atoms with Gasteiger partial charge in [0.1, 0.15) is 18.5 Å². The lowest BCUT2D eigenvalue weighted by Crippen LogP contribution is -2.35. The van der Waals surface area contributed by atoms with E-state index in [1.165, 1.54) is 0 Å². The van der Waals surface area contributed by atoms with Crippen LogP contribution in [0.4, 0.5) is 4.79 Å². The molecule has 0 spiro atoms. The van der Waals surface area contributed by atoms with E-state index in [0.717, 1.165) is 62.1 Å². The summed E-state index contributed by atoms with van der Waals surface area (Å²) in [5.41, 5.74) is 1.97. The molecule has 1 aromatic rings. The normalized spacial score (nSPS) is 20.0. The summed E-state index contributed by atoms with van der Waals surface area (Å²) < 4.78 is 22.4. The lowest BCUT2D eigenvalue weighted by Gasteiger charge is -2.32. The number of ether oxygens (including phenoxy) is 4. The lowest BCUT2D eigenvalue weighted by atomic mass is 10.0. The molecule has 1 amide bonds. The molecule has 0 radical (unpaired) electrons. The van der Waals surface area contributed by atoms with Crippen LogP contribution in [0.3, 0.4) is 0 Å². The van der Waals surface area contributed by atoms with Gasteiger partial charge in [0.05, 0.1) is 13.2 Å². The maximum Gasteiger partial charge on any atom is 0.410 e. The third kappa shape index (κ3) is 6.12. The monoisotopic (exact) mass is 401 g/mol. The SMILES string of the molecule is C#CCOCCCCCCCN1CC(c2ccc3c(c2)COC(C)(C)O3)OC1=O. The molecule has 6 heteroatoms. The number of carbonyl (C=O) groups is 1. The minimum Gasteiger partial charge on any atom is -0.463 e. The summed E-state index contributed by atoms with van der Waals surface area (Å²) in [7, 11) is 0. The number of hydrogen-bond donors (Lipinski definition) is 0. The Labute approximate surface area is 173 Å². The highest BCUT2D eigenvalue weighted by Gasteiger charge is 2.33. The Balaban J connectivity index is 1.40. The molecule has 1 fully saturated rings. The topological polar surface area (TPSA) is 57.2 Å². The van der Waals surface area contributed by atoms with E-state index in [4.69, 9.17) is 25.4 Å². The van der Waals surface area contributed by atoms with Crippen LogP contribution in [-0.4, -0.2) is 43.1 Å². The van der Waals surface area contributed by atoms with Crippen LogP contribution < -0.4 is 4.74 Å². The first kappa shape index (κ1) is 21.5. The van der Waals surface area contributed by atoms with Gasteiger partial charge in [0.15, 0.2) is 0 Å². The van der Waals surface area contributed by atoms with E-state index in [0.29, 0.717) is 19.8 Å². The fourth-order valence-corrected chi connectivity index (χ4v) is 3.59. The molecule has 29 heavy (non-hydrogen) atoms. The molecule has 3 rings (SSSR count). The third-order valence-electron chi connectivity index (χ3n) is 5.18. The fourth-order valence-electron chi connectivity index (χ4n) is 3.59. The van der Waals surface area contributed by atoms with E-state index in [9.17, 15) is 4.79 Å².